The average molecular weight is 477 g/mol. The maximum Gasteiger partial charge on any atom is 0.330 e. The molecule has 0 radical (unpaired) electrons. The molecular formula is C24H28N8O3. The third kappa shape index (κ3) is 2.59. The molecule has 4 atom stereocenters. The Balaban J connectivity index is 1.32. The lowest BCUT2D eigenvalue weighted by Gasteiger charge is -2.47. The fourth-order valence-electron chi connectivity index (χ4n) is 7.49. The molecule has 4 heterocycles. The highest BCUT2D eigenvalue weighted by molar-refractivity contribution is 5.73. The second kappa shape index (κ2) is 6.88. The van der Waals surface area contributed by atoms with Crippen molar-refractivity contribution < 1.29 is 9.47 Å². The van der Waals surface area contributed by atoms with Crippen LogP contribution in [-0.4, -0.2) is 53.7 Å². The highest BCUT2D eigenvalue weighted by Crippen LogP contribution is 2.68. The number of fused-ring (bicyclic) bond motifs is 2. The highest BCUT2D eigenvalue weighted by Gasteiger charge is 2.69. The molecule has 0 spiro atoms. The van der Waals surface area contributed by atoms with Gasteiger partial charge < -0.3 is 14.8 Å². The fraction of sp³-hybridized carbons (Fsp3) is 0.542. The number of aryl methyl sites for hydroxylation is 2. The number of rotatable bonds is 5. The van der Waals surface area contributed by atoms with Gasteiger partial charge in [0.15, 0.2) is 17.1 Å². The van der Waals surface area contributed by atoms with Crippen molar-refractivity contribution in [3.05, 3.63) is 40.8 Å². The van der Waals surface area contributed by atoms with E-state index in [2.05, 4.69) is 20.4 Å². The molecule has 0 aliphatic heterocycles. The van der Waals surface area contributed by atoms with Crippen molar-refractivity contribution in [2.45, 2.75) is 43.9 Å². The monoisotopic (exact) mass is 476 g/mol. The topological polar surface area (TPSA) is 113 Å². The quantitative estimate of drug-likeness (QED) is 0.437. The van der Waals surface area contributed by atoms with E-state index in [4.69, 9.17) is 14.5 Å². The summed E-state index contributed by atoms with van der Waals surface area (Å²) in [6.45, 7) is 2.00. The SMILES string of the molecule is COC1(OC)C2CC3CC(n4c(=O)n(C)c5cnc(Nc6cn7ncnc7cc6C)nc54)(C2)CC31. The van der Waals surface area contributed by atoms with E-state index in [9.17, 15) is 4.79 Å². The van der Waals surface area contributed by atoms with Crippen molar-refractivity contribution in [1.82, 2.24) is 33.7 Å². The molecule has 4 aromatic heterocycles. The minimum absolute atomic E-state index is 0.0472. The number of aromatic nitrogens is 7. The molecule has 0 aromatic carbocycles. The van der Waals surface area contributed by atoms with Gasteiger partial charge in [-0.15, -0.1) is 0 Å². The van der Waals surface area contributed by atoms with Crippen LogP contribution in [0.25, 0.3) is 16.8 Å². The summed E-state index contributed by atoms with van der Waals surface area (Å²) in [5.41, 5.74) is 3.67. The molecule has 11 heteroatoms. The van der Waals surface area contributed by atoms with Gasteiger partial charge in [0, 0.05) is 33.1 Å². The normalized spacial score (nSPS) is 28.5. The fourth-order valence-corrected chi connectivity index (χ4v) is 7.49. The van der Waals surface area contributed by atoms with Gasteiger partial charge in [0.05, 0.1) is 23.6 Å². The summed E-state index contributed by atoms with van der Waals surface area (Å²) in [5, 5.41) is 7.54. The van der Waals surface area contributed by atoms with E-state index in [1.165, 1.54) is 6.33 Å². The molecule has 35 heavy (non-hydrogen) atoms. The van der Waals surface area contributed by atoms with Crippen LogP contribution in [0.3, 0.4) is 0 Å². The molecule has 4 aliphatic carbocycles. The van der Waals surface area contributed by atoms with Crippen LogP contribution in [0.15, 0.2) is 29.6 Å². The summed E-state index contributed by atoms with van der Waals surface area (Å²) in [7, 11) is 5.29. The summed E-state index contributed by atoms with van der Waals surface area (Å²) >= 11 is 0. The van der Waals surface area contributed by atoms with Crippen molar-refractivity contribution in [1.29, 1.82) is 0 Å². The highest BCUT2D eigenvalue weighted by atomic mass is 16.7. The van der Waals surface area contributed by atoms with E-state index in [0.717, 1.165) is 48.1 Å². The lowest BCUT2D eigenvalue weighted by Crippen LogP contribution is -2.53. The lowest BCUT2D eigenvalue weighted by molar-refractivity contribution is -0.269. The molecule has 0 amide bonds. The van der Waals surface area contributed by atoms with Crippen LogP contribution in [0.2, 0.25) is 0 Å². The third-order valence-electron chi connectivity index (χ3n) is 8.89. The zero-order valence-corrected chi connectivity index (χ0v) is 20.2. The van der Waals surface area contributed by atoms with Crippen molar-refractivity contribution in [3.8, 4) is 0 Å². The molecule has 1 N–H and O–H groups in total. The van der Waals surface area contributed by atoms with Crippen molar-refractivity contribution >= 4 is 28.4 Å². The average Bonchev–Trinajstić information content (AvgIpc) is 3.53. The molecule has 11 nitrogen and oxygen atoms in total. The van der Waals surface area contributed by atoms with Crippen molar-refractivity contribution in [2.75, 3.05) is 19.5 Å². The number of nitrogens with one attached hydrogen (secondary N) is 1. The third-order valence-corrected chi connectivity index (χ3v) is 8.89. The van der Waals surface area contributed by atoms with Gasteiger partial charge >= 0.3 is 5.69 Å². The number of pyridine rings is 1. The minimum Gasteiger partial charge on any atom is -0.353 e. The van der Waals surface area contributed by atoms with Crippen LogP contribution in [0.5, 0.6) is 0 Å². The van der Waals surface area contributed by atoms with Crippen LogP contribution in [0.4, 0.5) is 11.6 Å². The van der Waals surface area contributed by atoms with Crippen LogP contribution in [0.1, 0.15) is 31.2 Å². The molecule has 0 saturated heterocycles. The first-order valence-corrected chi connectivity index (χ1v) is 12.0. The largest absolute Gasteiger partial charge is 0.353 e. The number of hydrogen-bond acceptors (Lipinski definition) is 8. The number of hydrogen-bond donors (Lipinski definition) is 1. The summed E-state index contributed by atoms with van der Waals surface area (Å²) in [5.74, 6) is 0.906. The van der Waals surface area contributed by atoms with Gasteiger partial charge in [0.1, 0.15) is 11.8 Å². The van der Waals surface area contributed by atoms with E-state index in [0.29, 0.717) is 17.5 Å². The standard InChI is InChI=1S/C24H28N8O3/c1-13-5-19-26-12-27-31(19)11-17(13)28-21-25-10-18-20(29-21)32(22(33)30(18)2)23-7-14-6-15(8-23)24(34-3,35-4)16(14)9-23/h5,10-12,14-16H,6-9H2,1-4H3,(H,25,28,29). The zero-order valence-electron chi connectivity index (χ0n) is 20.2. The summed E-state index contributed by atoms with van der Waals surface area (Å²) in [4.78, 5) is 27.2. The minimum atomic E-state index is -0.544. The molecule has 4 saturated carbocycles. The van der Waals surface area contributed by atoms with Gasteiger partial charge in [0.2, 0.25) is 5.95 Å². The maximum absolute atomic E-state index is 13.6. The number of ether oxygens (including phenoxy) is 2. The first-order chi connectivity index (χ1) is 16.9. The van der Waals surface area contributed by atoms with Gasteiger partial charge in [-0.3, -0.25) is 9.13 Å². The predicted molar refractivity (Wildman–Crippen MR) is 127 cm³/mol. The van der Waals surface area contributed by atoms with E-state index < -0.39 is 5.79 Å². The van der Waals surface area contributed by atoms with Crippen LogP contribution in [-0.2, 0) is 22.1 Å². The first-order valence-electron chi connectivity index (χ1n) is 12.0. The van der Waals surface area contributed by atoms with Gasteiger partial charge in [-0.2, -0.15) is 10.1 Å². The number of methoxy groups -OCH3 is 2. The Bertz CT molecular complexity index is 1550. The number of imidazole rings is 1. The zero-order chi connectivity index (χ0) is 24.1. The molecule has 8 rings (SSSR count). The Hall–Kier alpha value is -3.31. The van der Waals surface area contributed by atoms with Gasteiger partial charge in [0.25, 0.3) is 0 Å². The van der Waals surface area contributed by atoms with E-state index in [1.54, 1.807) is 36.5 Å². The Labute approximate surface area is 201 Å². The van der Waals surface area contributed by atoms with E-state index >= 15 is 0 Å². The van der Waals surface area contributed by atoms with Gasteiger partial charge in [-0.05, 0) is 50.2 Å². The van der Waals surface area contributed by atoms with E-state index in [1.807, 2.05) is 23.8 Å². The van der Waals surface area contributed by atoms with Gasteiger partial charge in [-0.25, -0.2) is 19.3 Å². The molecule has 4 aromatic rings. The van der Waals surface area contributed by atoms with Crippen LogP contribution < -0.4 is 11.0 Å². The van der Waals surface area contributed by atoms with E-state index in [-0.39, 0.29) is 23.1 Å². The number of anilines is 2. The second-order valence-corrected chi connectivity index (χ2v) is 10.4. The summed E-state index contributed by atoms with van der Waals surface area (Å²) in [6, 6.07) is 1.95. The predicted octanol–water partition coefficient (Wildman–Crippen LogP) is 2.36. The Morgan fingerprint density at radius 3 is 2.77 bits per heavy atom. The Morgan fingerprint density at radius 1 is 1.17 bits per heavy atom. The molecule has 4 aliphatic rings. The smallest absolute Gasteiger partial charge is 0.330 e. The maximum atomic E-state index is 13.6. The first kappa shape index (κ1) is 21.0. The van der Waals surface area contributed by atoms with Gasteiger partial charge in [-0.1, -0.05) is 0 Å². The molecule has 4 fully saturated rings. The Morgan fingerprint density at radius 2 is 2.00 bits per heavy atom. The molecule has 4 bridgehead atoms. The van der Waals surface area contributed by atoms with Crippen LogP contribution in [0, 0.1) is 24.7 Å². The lowest BCUT2D eigenvalue weighted by atomic mass is 9.72. The number of nitrogens with zero attached hydrogens (tertiary/aromatic N) is 7. The second-order valence-electron chi connectivity index (χ2n) is 10.4. The molecule has 182 valence electrons. The summed E-state index contributed by atoms with van der Waals surface area (Å²) in [6.07, 6.45) is 8.84. The summed E-state index contributed by atoms with van der Waals surface area (Å²) < 4.78 is 17.3. The molecular weight excluding hydrogens is 448 g/mol. The van der Waals surface area contributed by atoms with Crippen molar-refractivity contribution in [3.63, 3.8) is 0 Å². The molecule has 4 unspecified atom stereocenters. The Kier molecular flexibility index (Phi) is 4.13. The van der Waals surface area contributed by atoms with Crippen molar-refractivity contribution in [2.24, 2.45) is 24.8 Å². The van der Waals surface area contributed by atoms with Crippen LogP contribution >= 0.6 is 0 Å².